The Hall–Kier alpha value is -0.300. The van der Waals surface area contributed by atoms with Crippen LogP contribution in [-0.2, 0) is 0 Å². The SMILES string of the molecule is CCCCCCC=CCCCCCCC(C)C(CC)[N]CC. The highest BCUT2D eigenvalue weighted by Crippen LogP contribution is 2.17. The number of hydrogen-bond donors (Lipinski definition) is 0. The molecule has 0 heterocycles. The third kappa shape index (κ3) is 13.4. The molecular weight excluding hydrogens is 266 g/mol. The summed E-state index contributed by atoms with van der Waals surface area (Å²) in [5.41, 5.74) is 0. The monoisotopic (exact) mass is 308 g/mol. The van der Waals surface area contributed by atoms with E-state index in [4.69, 9.17) is 5.32 Å². The van der Waals surface area contributed by atoms with Crippen molar-refractivity contribution in [2.75, 3.05) is 6.54 Å². The lowest BCUT2D eigenvalue weighted by atomic mass is 9.93. The predicted molar refractivity (Wildman–Crippen MR) is 102 cm³/mol. The van der Waals surface area contributed by atoms with E-state index in [1.54, 1.807) is 0 Å². The van der Waals surface area contributed by atoms with Crippen LogP contribution in [0.4, 0.5) is 0 Å². The zero-order valence-electron chi connectivity index (χ0n) is 15.9. The van der Waals surface area contributed by atoms with Gasteiger partial charge in [-0.15, -0.1) is 0 Å². The molecule has 0 aromatic carbocycles. The first-order valence-electron chi connectivity index (χ1n) is 10.1. The third-order valence-corrected chi connectivity index (χ3v) is 4.66. The fraction of sp³-hybridized carbons (Fsp3) is 0.905. The molecule has 0 bridgehead atoms. The molecule has 1 radical (unpaired) electrons. The van der Waals surface area contributed by atoms with Crippen LogP contribution in [0.2, 0.25) is 0 Å². The summed E-state index contributed by atoms with van der Waals surface area (Å²) in [5, 5.41) is 4.71. The maximum absolute atomic E-state index is 4.71. The van der Waals surface area contributed by atoms with Gasteiger partial charge in [0.2, 0.25) is 0 Å². The van der Waals surface area contributed by atoms with Gasteiger partial charge in [-0.05, 0) is 44.4 Å². The van der Waals surface area contributed by atoms with E-state index in [-0.39, 0.29) is 0 Å². The standard InChI is InChI=1S/C21H42N/c1-5-8-9-10-11-12-13-14-15-16-17-18-19-20(4)21(6-2)22-7-3/h12-13,20-21H,5-11,14-19H2,1-4H3. The van der Waals surface area contributed by atoms with Crippen molar-refractivity contribution in [3.63, 3.8) is 0 Å². The Labute approximate surface area is 141 Å². The Morgan fingerprint density at radius 2 is 1.36 bits per heavy atom. The van der Waals surface area contributed by atoms with Gasteiger partial charge in [0.25, 0.3) is 0 Å². The minimum atomic E-state index is 0.598. The van der Waals surface area contributed by atoms with Crippen molar-refractivity contribution in [3.05, 3.63) is 12.2 Å². The lowest BCUT2D eigenvalue weighted by Crippen LogP contribution is -2.28. The normalized spacial score (nSPS) is 14.5. The minimum Gasteiger partial charge on any atom is -0.238 e. The van der Waals surface area contributed by atoms with Gasteiger partial charge >= 0.3 is 0 Å². The topological polar surface area (TPSA) is 14.1 Å². The molecule has 2 unspecified atom stereocenters. The fourth-order valence-electron chi connectivity index (χ4n) is 3.15. The van der Waals surface area contributed by atoms with Crippen LogP contribution in [0.3, 0.4) is 0 Å². The van der Waals surface area contributed by atoms with Crippen LogP contribution in [0.15, 0.2) is 12.2 Å². The molecule has 0 aliphatic heterocycles. The fourth-order valence-corrected chi connectivity index (χ4v) is 3.15. The van der Waals surface area contributed by atoms with Crippen molar-refractivity contribution in [3.8, 4) is 0 Å². The lowest BCUT2D eigenvalue weighted by molar-refractivity contribution is 0.338. The highest BCUT2D eigenvalue weighted by atomic mass is 14.9. The van der Waals surface area contributed by atoms with Crippen molar-refractivity contribution in [2.24, 2.45) is 5.92 Å². The molecule has 131 valence electrons. The second kappa shape index (κ2) is 17.1. The van der Waals surface area contributed by atoms with Crippen LogP contribution in [0.1, 0.15) is 105 Å². The summed E-state index contributed by atoms with van der Waals surface area (Å²) in [6.45, 7) is 10.1. The molecule has 1 heteroatoms. The first kappa shape index (κ1) is 21.7. The van der Waals surface area contributed by atoms with Crippen LogP contribution in [-0.4, -0.2) is 12.6 Å². The second-order valence-electron chi connectivity index (χ2n) is 6.76. The molecule has 2 atom stereocenters. The molecule has 0 rings (SSSR count). The van der Waals surface area contributed by atoms with Crippen molar-refractivity contribution in [2.45, 2.75) is 111 Å². The summed E-state index contributed by atoms with van der Waals surface area (Å²) in [6, 6.07) is 0.598. The Morgan fingerprint density at radius 3 is 1.91 bits per heavy atom. The van der Waals surface area contributed by atoms with Crippen molar-refractivity contribution in [1.82, 2.24) is 5.32 Å². The Balaban J connectivity index is 3.37. The molecule has 0 fully saturated rings. The van der Waals surface area contributed by atoms with Gasteiger partial charge in [-0.25, -0.2) is 5.32 Å². The Bertz CT molecular complexity index is 234. The van der Waals surface area contributed by atoms with E-state index in [9.17, 15) is 0 Å². The molecule has 0 N–H and O–H groups in total. The molecule has 1 nitrogen and oxygen atoms in total. The van der Waals surface area contributed by atoms with E-state index in [0.717, 1.165) is 12.5 Å². The van der Waals surface area contributed by atoms with E-state index < -0.39 is 0 Å². The first-order chi connectivity index (χ1) is 10.8. The zero-order chi connectivity index (χ0) is 16.5. The van der Waals surface area contributed by atoms with Crippen molar-refractivity contribution < 1.29 is 0 Å². The van der Waals surface area contributed by atoms with E-state index >= 15 is 0 Å². The summed E-state index contributed by atoms with van der Waals surface area (Å²) in [6.07, 6.45) is 21.0. The largest absolute Gasteiger partial charge is 0.238 e. The Morgan fingerprint density at radius 1 is 0.773 bits per heavy atom. The second-order valence-corrected chi connectivity index (χ2v) is 6.76. The maximum Gasteiger partial charge on any atom is 0.0268 e. The molecule has 0 amide bonds. The van der Waals surface area contributed by atoms with Gasteiger partial charge in [-0.3, -0.25) is 0 Å². The highest BCUT2D eigenvalue weighted by molar-refractivity contribution is 4.81. The quantitative estimate of drug-likeness (QED) is 0.218. The van der Waals surface area contributed by atoms with E-state index in [0.29, 0.717) is 6.04 Å². The minimum absolute atomic E-state index is 0.598. The molecule has 0 aliphatic rings. The number of nitrogens with zero attached hydrogens (tertiary/aromatic N) is 1. The summed E-state index contributed by atoms with van der Waals surface area (Å²) in [7, 11) is 0. The molecule has 22 heavy (non-hydrogen) atoms. The van der Waals surface area contributed by atoms with Crippen LogP contribution in [0.5, 0.6) is 0 Å². The van der Waals surface area contributed by atoms with Crippen LogP contribution < -0.4 is 5.32 Å². The number of allylic oxidation sites excluding steroid dienone is 2. The van der Waals surface area contributed by atoms with Gasteiger partial charge in [0.15, 0.2) is 0 Å². The first-order valence-corrected chi connectivity index (χ1v) is 10.1. The Kier molecular flexibility index (Phi) is 16.8. The molecule has 0 saturated heterocycles. The smallest absolute Gasteiger partial charge is 0.0268 e. The van der Waals surface area contributed by atoms with Gasteiger partial charge in [0.1, 0.15) is 0 Å². The highest BCUT2D eigenvalue weighted by Gasteiger charge is 2.14. The van der Waals surface area contributed by atoms with Crippen LogP contribution in [0, 0.1) is 5.92 Å². The van der Waals surface area contributed by atoms with Gasteiger partial charge in [0, 0.05) is 12.6 Å². The molecule has 0 saturated carbocycles. The van der Waals surface area contributed by atoms with E-state index in [2.05, 4.69) is 39.8 Å². The average molecular weight is 309 g/mol. The van der Waals surface area contributed by atoms with Crippen molar-refractivity contribution >= 4 is 0 Å². The predicted octanol–water partition coefficient (Wildman–Crippen LogP) is 6.89. The lowest BCUT2D eigenvalue weighted by Gasteiger charge is -2.21. The van der Waals surface area contributed by atoms with Gasteiger partial charge in [-0.2, -0.15) is 0 Å². The number of hydrogen-bond acceptors (Lipinski definition) is 0. The van der Waals surface area contributed by atoms with Gasteiger partial charge in [-0.1, -0.05) is 78.4 Å². The maximum atomic E-state index is 4.71. The van der Waals surface area contributed by atoms with Gasteiger partial charge < -0.3 is 0 Å². The van der Waals surface area contributed by atoms with Crippen LogP contribution >= 0.6 is 0 Å². The summed E-state index contributed by atoms with van der Waals surface area (Å²) in [5.74, 6) is 0.771. The molecule has 0 aromatic rings. The number of rotatable bonds is 16. The average Bonchev–Trinajstić information content (AvgIpc) is 2.53. The zero-order valence-corrected chi connectivity index (χ0v) is 15.9. The molecule has 0 spiro atoms. The molecule has 0 aliphatic carbocycles. The molecule has 0 aromatic heterocycles. The van der Waals surface area contributed by atoms with E-state index in [1.165, 1.54) is 77.0 Å². The summed E-state index contributed by atoms with van der Waals surface area (Å²) < 4.78 is 0. The van der Waals surface area contributed by atoms with E-state index in [1.807, 2.05) is 0 Å². The number of unbranched alkanes of at least 4 members (excludes halogenated alkanes) is 8. The van der Waals surface area contributed by atoms with Crippen molar-refractivity contribution in [1.29, 1.82) is 0 Å². The van der Waals surface area contributed by atoms with Gasteiger partial charge in [0.05, 0.1) is 0 Å². The molecular formula is C21H42N. The summed E-state index contributed by atoms with van der Waals surface area (Å²) >= 11 is 0. The van der Waals surface area contributed by atoms with Crippen LogP contribution in [0.25, 0.3) is 0 Å². The third-order valence-electron chi connectivity index (χ3n) is 4.66. The summed E-state index contributed by atoms with van der Waals surface area (Å²) in [4.78, 5) is 0.